The van der Waals surface area contributed by atoms with Gasteiger partial charge in [-0.3, -0.25) is 19.7 Å². The number of nitrogens with zero attached hydrogens (tertiary/aromatic N) is 1. The van der Waals surface area contributed by atoms with Crippen LogP contribution in [0.2, 0.25) is 0 Å². The van der Waals surface area contributed by atoms with Crippen molar-refractivity contribution in [2.45, 2.75) is 66.0 Å². The van der Waals surface area contributed by atoms with Crippen molar-refractivity contribution in [2.75, 3.05) is 0 Å². The molecule has 5 nitrogen and oxygen atoms in total. The van der Waals surface area contributed by atoms with Gasteiger partial charge in [-0.2, -0.15) is 0 Å². The van der Waals surface area contributed by atoms with Crippen LogP contribution in [-0.4, -0.2) is 28.2 Å². The van der Waals surface area contributed by atoms with Gasteiger partial charge in [-0.25, -0.2) is 0 Å². The van der Waals surface area contributed by atoms with E-state index in [2.05, 4.69) is 19.2 Å². The molecular weight excluding hydrogens is 304 g/mol. The number of nitrogens with one attached hydrogen (secondary N) is 1. The van der Waals surface area contributed by atoms with E-state index in [4.69, 9.17) is 0 Å². The van der Waals surface area contributed by atoms with Crippen LogP contribution in [0.3, 0.4) is 0 Å². The Kier molecular flexibility index (Phi) is 6.70. The molecule has 1 fully saturated rings. The van der Waals surface area contributed by atoms with Crippen molar-refractivity contribution in [3.63, 3.8) is 0 Å². The van der Waals surface area contributed by atoms with Gasteiger partial charge in [0.2, 0.25) is 5.91 Å². The first-order valence-corrected chi connectivity index (χ1v) is 8.18. The van der Waals surface area contributed by atoms with Crippen molar-refractivity contribution >= 4 is 17.7 Å². The molecule has 132 valence electrons. The third-order valence-corrected chi connectivity index (χ3v) is 4.50. The number of unbranched alkanes of at least 4 members (excludes halogenated alkanes) is 1. The quantitative estimate of drug-likeness (QED) is 0.845. The monoisotopic (exact) mass is 332 g/mol. The number of benzene rings is 1. The lowest BCUT2D eigenvalue weighted by Gasteiger charge is -2.39. The molecule has 1 aromatic carbocycles. The first-order valence-electron chi connectivity index (χ1n) is 8.18. The third kappa shape index (κ3) is 3.66. The van der Waals surface area contributed by atoms with Crippen molar-refractivity contribution in [3.05, 3.63) is 35.4 Å². The number of piperidine rings is 1. The second kappa shape index (κ2) is 8.08. The van der Waals surface area contributed by atoms with Crippen molar-refractivity contribution in [1.29, 1.82) is 0 Å². The zero-order valence-corrected chi connectivity index (χ0v) is 14.0. The molecule has 3 rings (SSSR count). The Labute approximate surface area is 144 Å². The minimum absolute atomic E-state index is 0. The van der Waals surface area contributed by atoms with Crippen LogP contribution >= 0.6 is 0 Å². The zero-order valence-electron chi connectivity index (χ0n) is 14.0. The SMILES string of the molecule is C.CC1(N2Cc3ccccc3C2=O)CCC(=O)NC1=O.CCCC. The summed E-state index contributed by atoms with van der Waals surface area (Å²) in [5.74, 6) is -0.792. The highest BCUT2D eigenvalue weighted by molar-refractivity contribution is 6.07. The lowest BCUT2D eigenvalue weighted by Crippen LogP contribution is -2.61. The van der Waals surface area contributed by atoms with Gasteiger partial charge in [-0.15, -0.1) is 0 Å². The van der Waals surface area contributed by atoms with E-state index in [1.807, 2.05) is 18.2 Å². The molecule has 1 unspecified atom stereocenters. The number of hydrogen-bond acceptors (Lipinski definition) is 3. The molecule has 0 radical (unpaired) electrons. The molecule has 5 heteroatoms. The van der Waals surface area contributed by atoms with Crippen LogP contribution in [0.25, 0.3) is 0 Å². The molecule has 0 aromatic heterocycles. The second-order valence-electron chi connectivity index (χ2n) is 6.20. The Hall–Kier alpha value is -2.17. The second-order valence-corrected chi connectivity index (χ2v) is 6.20. The maximum atomic E-state index is 12.4. The van der Waals surface area contributed by atoms with Gasteiger partial charge < -0.3 is 4.90 Å². The summed E-state index contributed by atoms with van der Waals surface area (Å²) in [5, 5.41) is 2.32. The number of carbonyl (C=O) groups is 3. The summed E-state index contributed by atoms with van der Waals surface area (Å²) in [5.41, 5.74) is 0.635. The molecule has 2 aliphatic heterocycles. The molecule has 0 spiro atoms. The number of amides is 3. The van der Waals surface area contributed by atoms with Crippen molar-refractivity contribution < 1.29 is 14.4 Å². The predicted octanol–water partition coefficient (Wildman–Crippen LogP) is 3.28. The van der Waals surface area contributed by atoms with E-state index in [1.54, 1.807) is 17.9 Å². The third-order valence-electron chi connectivity index (χ3n) is 4.50. The summed E-state index contributed by atoms with van der Waals surface area (Å²) in [6, 6.07) is 7.35. The summed E-state index contributed by atoms with van der Waals surface area (Å²) in [7, 11) is 0. The van der Waals surface area contributed by atoms with Crippen LogP contribution in [0.5, 0.6) is 0 Å². The lowest BCUT2D eigenvalue weighted by atomic mass is 9.89. The van der Waals surface area contributed by atoms with Gasteiger partial charge in [0.05, 0.1) is 0 Å². The fourth-order valence-corrected chi connectivity index (χ4v) is 2.70. The van der Waals surface area contributed by atoms with Crippen molar-refractivity contribution in [2.24, 2.45) is 0 Å². The molecule has 3 amide bonds. The molecule has 1 atom stereocenters. The number of hydrogen-bond donors (Lipinski definition) is 1. The molecule has 0 aliphatic carbocycles. The van der Waals surface area contributed by atoms with E-state index in [1.165, 1.54) is 12.8 Å². The largest absolute Gasteiger partial charge is 0.320 e. The molecule has 24 heavy (non-hydrogen) atoms. The highest BCUT2D eigenvalue weighted by Crippen LogP contribution is 2.33. The van der Waals surface area contributed by atoms with Crippen LogP contribution in [0.1, 0.15) is 69.8 Å². The van der Waals surface area contributed by atoms with Gasteiger partial charge in [-0.1, -0.05) is 52.3 Å². The van der Waals surface area contributed by atoms with Gasteiger partial charge in [0, 0.05) is 18.5 Å². The van der Waals surface area contributed by atoms with E-state index >= 15 is 0 Å². The Morgan fingerprint density at radius 1 is 1.12 bits per heavy atom. The average Bonchev–Trinajstić information content (AvgIpc) is 2.90. The summed E-state index contributed by atoms with van der Waals surface area (Å²) in [6.07, 6.45) is 3.28. The molecule has 0 saturated carbocycles. The summed E-state index contributed by atoms with van der Waals surface area (Å²) in [4.78, 5) is 37.3. The molecule has 0 bridgehead atoms. The summed E-state index contributed by atoms with van der Waals surface area (Å²) in [6.45, 7) is 6.51. The summed E-state index contributed by atoms with van der Waals surface area (Å²) < 4.78 is 0. The van der Waals surface area contributed by atoms with Gasteiger partial charge >= 0.3 is 0 Å². The topological polar surface area (TPSA) is 66.5 Å². The van der Waals surface area contributed by atoms with Crippen molar-refractivity contribution in [3.8, 4) is 0 Å². The minimum Gasteiger partial charge on any atom is -0.320 e. The van der Waals surface area contributed by atoms with E-state index < -0.39 is 5.54 Å². The molecular formula is C19H28N2O3. The lowest BCUT2D eigenvalue weighted by molar-refractivity contribution is -0.142. The van der Waals surface area contributed by atoms with Crippen LogP contribution < -0.4 is 5.32 Å². The highest BCUT2D eigenvalue weighted by Gasteiger charge is 2.48. The van der Waals surface area contributed by atoms with Gasteiger partial charge in [0.15, 0.2) is 0 Å². The number of fused-ring (bicyclic) bond motifs is 1. The smallest absolute Gasteiger partial charge is 0.255 e. The summed E-state index contributed by atoms with van der Waals surface area (Å²) >= 11 is 0. The van der Waals surface area contributed by atoms with Gasteiger partial charge in [-0.05, 0) is 25.0 Å². The molecule has 1 aromatic rings. The first-order chi connectivity index (χ1) is 10.9. The number of imide groups is 1. The predicted molar refractivity (Wildman–Crippen MR) is 94.4 cm³/mol. The van der Waals surface area contributed by atoms with Crippen LogP contribution in [-0.2, 0) is 16.1 Å². The van der Waals surface area contributed by atoms with E-state index in [0.29, 0.717) is 18.5 Å². The highest BCUT2D eigenvalue weighted by atomic mass is 16.2. The van der Waals surface area contributed by atoms with Crippen LogP contribution in [0.4, 0.5) is 0 Å². The fraction of sp³-hybridized carbons (Fsp3) is 0.526. The molecule has 2 heterocycles. The molecule has 1 N–H and O–H groups in total. The standard InChI is InChI=1S/C14H14N2O3.C4H10.CH4/c1-14(7-6-11(17)15-13(14)19)16-8-9-4-2-3-5-10(9)12(16)18;1-3-4-2;/h2-5H,6-8H2,1H3,(H,15,17,19);3-4H2,1-2H3;1H4. The average molecular weight is 332 g/mol. The van der Waals surface area contributed by atoms with Gasteiger partial charge in [0.25, 0.3) is 11.8 Å². The Morgan fingerprint density at radius 3 is 2.29 bits per heavy atom. The Balaban J connectivity index is 0.000000522. The maximum Gasteiger partial charge on any atom is 0.255 e. The Bertz CT molecular complexity index is 625. The molecule has 1 saturated heterocycles. The maximum absolute atomic E-state index is 12.4. The first kappa shape index (κ1) is 19.9. The van der Waals surface area contributed by atoms with E-state index in [-0.39, 0.29) is 31.6 Å². The number of rotatable bonds is 2. The Morgan fingerprint density at radius 2 is 1.75 bits per heavy atom. The molecule has 2 aliphatic rings. The minimum atomic E-state index is -0.940. The zero-order chi connectivity index (χ0) is 17.0. The van der Waals surface area contributed by atoms with Crippen molar-refractivity contribution in [1.82, 2.24) is 10.2 Å². The van der Waals surface area contributed by atoms with E-state index in [9.17, 15) is 14.4 Å². The van der Waals surface area contributed by atoms with E-state index in [0.717, 1.165) is 5.56 Å². The van der Waals surface area contributed by atoms with Crippen LogP contribution in [0.15, 0.2) is 24.3 Å². The number of carbonyl (C=O) groups excluding carboxylic acids is 3. The van der Waals surface area contributed by atoms with Crippen LogP contribution in [0, 0.1) is 0 Å². The normalized spacial score (nSPS) is 22.1. The van der Waals surface area contributed by atoms with Gasteiger partial charge in [0.1, 0.15) is 5.54 Å². The fourth-order valence-electron chi connectivity index (χ4n) is 2.70.